The Bertz CT molecular complexity index is 861. The minimum atomic E-state index is 0.684. The van der Waals surface area contributed by atoms with Gasteiger partial charge in [0.15, 0.2) is 0 Å². The third-order valence-corrected chi connectivity index (χ3v) is 5.51. The zero-order chi connectivity index (χ0) is 23.0. The summed E-state index contributed by atoms with van der Waals surface area (Å²) < 4.78 is 0. The molecule has 32 heavy (non-hydrogen) atoms. The number of hydrogen-bond acceptors (Lipinski definition) is 4. The molecule has 0 amide bonds. The lowest BCUT2D eigenvalue weighted by Crippen LogP contribution is -2.25. The third kappa shape index (κ3) is 9.47. The number of allylic oxidation sites excluding steroid dienone is 1. The first-order chi connectivity index (χ1) is 15.7. The van der Waals surface area contributed by atoms with Crippen LogP contribution in [-0.2, 0) is 0 Å². The number of unbranched alkanes of at least 4 members (excludes halogenated alkanes) is 6. The van der Waals surface area contributed by atoms with Gasteiger partial charge in [-0.05, 0) is 67.8 Å². The Balaban J connectivity index is 1.99. The van der Waals surface area contributed by atoms with Gasteiger partial charge < -0.3 is 4.90 Å². The van der Waals surface area contributed by atoms with E-state index in [-0.39, 0.29) is 0 Å². The van der Waals surface area contributed by atoms with E-state index in [1.54, 1.807) is 6.92 Å². The highest BCUT2D eigenvalue weighted by molar-refractivity contribution is 5.58. The molecule has 0 aliphatic rings. The van der Waals surface area contributed by atoms with Crippen molar-refractivity contribution in [3.8, 4) is 6.07 Å². The molecular weight excluding hydrogens is 392 g/mol. The van der Waals surface area contributed by atoms with Gasteiger partial charge in [0.25, 0.3) is 0 Å². The fourth-order valence-electron chi connectivity index (χ4n) is 3.59. The second-order valence-corrected chi connectivity index (χ2v) is 8.36. The van der Waals surface area contributed by atoms with Crippen molar-refractivity contribution in [2.45, 2.75) is 72.1 Å². The first-order valence-electron chi connectivity index (χ1n) is 12.1. The van der Waals surface area contributed by atoms with E-state index < -0.39 is 0 Å². The first kappa shape index (κ1) is 25.3. The molecular formula is C28H38N4. The summed E-state index contributed by atoms with van der Waals surface area (Å²) >= 11 is 0. The molecule has 2 aromatic carbocycles. The molecule has 0 atom stereocenters. The molecule has 0 radical (unpaired) electrons. The normalized spacial score (nSPS) is 11.6. The van der Waals surface area contributed by atoms with E-state index in [2.05, 4.69) is 59.3 Å². The van der Waals surface area contributed by atoms with Gasteiger partial charge in [-0.1, -0.05) is 64.5 Å². The first-order valence-corrected chi connectivity index (χ1v) is 12.1. The van der Waals surface area contributed by atoms with Gasteiger partial charge in [0.05, 0.1) is 17.4 Å². The molecule has 0 heterocycles. The van der Waals surface area contributed by atoms with Crippen LogP contribution in [0.15, 0.2) is 64.3 Å². The average Bonchev–Trinajstić information content (AvgIpc) is 2.83. The number of hydrogen-bond donors (Lipinski definition) is 0. The molecule has 0 spiro atoms. The monoisotopic (exact) mass is 430 g/mol. The number of nitrogens with zero attached hydrogens (tertiary/aromatic N) is 4. The maximum Gasteiger partial charge on any atom is 0.0944 e. The maximum atomic E-state index is 8.89. The third-order valence-electron chi connectivity index (χ3n) is 5.51. The molecule has 0 saturated carbocycles. The van der Waals surface area contributed by atoms with Crippen molar-refractivity contribution in [3.05, 3.63) is 59.7 Å². The van der Waals surface area contributed by atoms with Crippen molar-refractivity contribution in [1.82, 2.24) is 0 Å². The Labute approximate surface area is 194 Å². The van der Waals surface area contributed by atoms with Crippen LogP contribution in [0.2, 0.25) is 0 Å². The number of azo groups is 1. The standard InChI is InChI=1S/C28H38N4/c1-4-6-8-10-20-32(21-11-9-7-5-2)28-18-16-27(17-19-28)31-30-26-14-12-25(13-15-26)22-24(3)23-29/h12-19,22H,4-11,20-21H2,1-3H3/b24-22-,31-30?. The fourth-order valence-corrected chi connectivity index (χ4v) is 3.59. The largest absolute Gasteiger partial charge is 0.372 e. The number of anilines is 1. The van der Waals surface area contributed by atoms with Gasteiger partial charge in [-0.2, -0.15) is 15.5 Å². The molecule has 0 fully saturated rings. The molecule has 0 unspecified atom stereocenters. The molecule has 2 aromatic rings. The molecule has 0 aliphatic carbocycles. The van der Waals surface area contributed by atoms with E-state index in [4.69, 9.17) is 5.26 Å². The molecule has 0 N–H and O–H groups in total. The molecule has 170 valence electrons. The van der Waals surface area contributed by atoms with E-state index >= 15 is 0 Å². The van der Waals surface area contributed by atoms with Crippen LogP contribution in [0.5, 0.6) is 0 Å². The van der Waals surface area contributed by atoms with E-state index in [0.717, 1.165) is 30.0 Å². The second-order valence-electron chi connectivity index (χ2n) is 8.36. The van der Waals surface area contributed by atoms with Crippen LogP contribution in [-0.4, -0.2) is 13.1 Å². The Morgan fingerprint density at radius 1 is 0.781 bits per heavy atom. The topological polar surface area (TPSA) is 51.8 Å². The minimum Gasteiger partial charge on any atom is -0.372 e. The van der Waals surface area contributed by atoms with Crippen molar-refractivity contribution < 1.29 is 0 Å². The van der Waals surface area contributed by atoms with Crippen LogP contribution >= 0.6 is 0 Å². The molecule has 0 aliphatic heterocycles. The van der Waals surface area contributed by atoms with Crippen molar-refractivity contribution >= 4 is 23.1 Å². The van der Waals surface area contributed by atoms with Gasteiger partial charge >= 0.3 is 0 Å². The van der Waals surface area contributed by atoms with Crippen molar-refractivity contribution in [2.24, 2.45) is 10.2 Å². The number of rotatable bonds is 14. The Morgan fingerprint density at radius 2 is 1.28 bits per heavy atom. The maximum absolute atomic E-state index is 8.89. The van der Waals surface area contributed by atoms with Gasteiger partial charge in [-0.3, -0.25) is 0 Å². The molecule has 4 heteroatoms. The van der Waals surface area contributed by atoms with E-state index in [1.165, 1.54) is 57.1 Å². The van der Waals surface area contributed by atoms with Crippen LogP contribution in [0, 0.1) is 11.3 Å². The quantitative estimate of drug-likeness (QED) is 0.170. The highest BCUT2D eigenvalue weighted by Crippen LogP contribution is 2.24. The zero-order valence-corrected chi connectivity index (χ0v) is 20.1. The summed E-state index contributed by atoms with van der Waals surface area (Å²) in [5.74, 6) is 0. The summed E-state index contributed by atoms with van der Waals surface area (Å²) in [7, 11) is 0. The number of nitriles is 1. The highest BCUT2D eigenvalue weighted by atomic mass is 15.1. The smallest absolute Gasteiger partial charge is 0.0944 e. The van der Waals surface area contributed by atoms with Crippen molar-refractivity contribution in [2.75, 3.05) is 18.0 Å². The van der Waals surface area contributed by atoms with E-state index in [0.29, 0.717) is 5.57 Å². The summed E-state index contributed by atoms with van der Waals surface area (Å²) in [6, 6.07) is 18.3. The Kier molecular flexibility index (Phi) is 11.8. The highest BCUT2D eigenvalue weighted by Gasteiger charge is 2.06. The van der Waals surface area contributed by atoms with Gasteiger partial charge in [0.1, 0.15) is 0 Å². The minimum absolute atomic E-state index is 0.684. The predicted molar refractivity (Wildman–Crippen MR) is 137 cm³/mol. The lowest BCUT2D eigenvalue weighted by molar-refractivity contribution is 0.609. The van der Waals surface area contributed by atoms with Gasteiger partial charge in [0, 0.05) is 24.4 Å². The molecule has 0 saturated heterocycles. The van der Waals surface area contributed by atoms with Crippen LogP contribution < -0.4 is 4.90 Å². The van der Waals surface area contributed by atoms with Gasteiger partial charge in [-0.15, -0.1) is 0 Å². The van der Waals surface area contributed by atoms with Gasteiger partial charge in [-0.25, -0.2) is 0 Å². The Hall–Kier alpha value is -2.93. The fraction of sp³-hybridized carbons (Fsp3) is 0.464. The van der Waals surface area contributed by atoms with Crippen molar-refractivity contribution in [1.29, 1.82) is 5.26 Å². The summed E-state index contributed by atoms with van der Waals surface area (Å²) in [6.45, 7) is 8.57. The summed E-state index contributed by atoms with van der Waals surface area (Å²) in [5.41, 5.74) is 4.61. The summed E-state index contributed by atoms with van der Waals surface area (Å²) in [6.07, 6.45) is 12.2. The van der Waals surface area contributed by atoms with Crippen LogP contribution in [0.25, 0.3) is 6.08 Å². The van der Waals surface area contributed by atoms with E-state index in [9.17, 15) is 0 Å². The second kappa shape index (κ2) is 15.0. The van der Waals surface area contributed by atoms with Crippen LogP contribution in [0.3, 0.4) is 0 Å². The zero-order valence-electron chi connectivity index (χ0n) is 20.1. The van der Waals surface area contributed by atoms with Crippen LogP contribution in [0.4, 0.5) is 17.1 Å². The van der Waals surface area contributed by atoms with Crippen molar-refractivity contribution in [3.63, 3.8) is 0 Å². The number of benzene rings is 2. The summed E-state index contributed by atoms with van der Waals surface area (Å²) in [5, 5.41) is 17.6. The van der Waals surface area contributed by atoms with Gasteiger partial charge in [0.2, 0.25) is 0 Å². The molecule has 4 nitrogen and oxygen atoms in total. The average molecular weight is 431 g/mol. The SMILES string of the molecule is CCCCCCN(CCCCCC)c1ccc(N=Nc2ccc(/C=C(/C)C#N)cc2)cc1. The predicted octanol–water partition coefficient (Wildman–Crippen LogP) is 9.00. The lowest BCUT2D eigenvalue weighted by Gasteiger charge is -2.25. The summed E-state index contributed by atoms with van der Waals surface area (Å²) in [4.78, 5) is 2.53. The Morgan fingerprint density at radius 3 is 1.75 bits per heavy atom. The van der Waals surface area contributed by atoms with E-state index in [1.807, 2.05) is 30.3 Å². The van der Waals surface area contributed by atoms with Crippen LogP contribution in [0.1, 0.15) is 77.7 Å². The molecule has 2 rings (SSSR count). The molecule has 0 bridgehead atoms. The lowest BCUT2D eigenvalue weighted by atomic mass is 10.1. The molecule has 0 aromatic heterocycles.